The van der Waals surface area contributed by atoms with Gasteiger partial charge in [-0.05, 0) is 91.3 Å². The SMILES string of the molecule is CCO[C@@H](O[C@@H]1[C@@H](C)C(=O)[C@@H](C)C(=O)O[C@H](CC)[C@@]2(C)OC(=O)N(CCCCn3cc(-c4cccc(N)c4)nn3)[C@@H]2[C@@H](C)NC[C@H](C)C[C@@]1(C)OC)C(O)C(CC)N1CCOC1CO. The fraction of sp³-hybridized carbons (Fsp3) is 0.761. The van der Waals surface area contributed by atoms with Crippen molar-refractivity contribution in [3.63, 3.8) is 0 Å². The summed E-state index contributed by atoms with van der Waals surface area (Å²) in [6, 6.07) is 6.11. The summed E-state index contributed by atoms with van der Waals surface area (Å²) in [5, 5.41) is 34.3. The molecule has 3 saturated heterocycles. The van der Waals surface area contributed by atoms with Gasteiger partial charge >= 0.3 is 12.1 Å². The van der Waals surface area contributed by atoms with Gasteiger partial charge in [0.25, 0.3) is 0 Å². The normalized spacial score (nSPS) is 32.6. The third-order valence-electron chi connectivity index (χ3n) is 13.6. The fourth-order valence-corrected chi connectivity index (χ4v) is 10.1. The van der Waals surface area contributed by atoms with Crippen molar-refractivity contribution in [1.82, 2.24) is 30.1 Å². The number of rotatable bonds is 17. The van der Waals surface area contributed by atoms with Crippen LogP contribution in [0, 0.1) is 17.8 Å². The van der Waals surface area contributed by atoms with Crippen LogP contribution in [-0.2, 0) is 44.6 Å². The summed E-state index contributed by atoms with van der Waals surface area (Å²) in [6.45, 7) is 18.9. The van der Waals surface area contributed by atoms with Crippen molar-refractivity contribution >= 4 is 23.5 Å². The molecule has 0 spiro atoms. The molecule has 0 aliphatic carbocycles. The number of nitrogens with two attached hydrogens (primary N) is 1. The van der Waals surface area contributed by atoms with Gasteiger partial charge in [0.2, 0.25) is 0 Å². The van der Waals surface area contributed by atoms with Crippen molar-refractivity contribution in [3.8, 4) is 11.3 Å². The molecule has 0 radical (unpaired) electrons. The van der Waals surface area contributed by atoms with E-state index in [1.165, 1.54) is 6.92 Å². The van der Waals surface area contributed by atoms with E-state index in [9.17, 15) is 24.6 Å². The fourth-order valence-electron chi connectivity index (χ4n) is 10.1. The van der Waals surface area contributed by atoms with Gasteiger partial charge in [0.1, 0.15) is 30.0 Å². The molecule has 360 valence electrons. The highest BCUT2D eigenvalue weighted by atomic mass is 16.7. The van der Waals surface area contributed by atoms with Gasteiger partial charge in [-0.3, -0.25) is 24.1 Å². The molecule has 3 fully saturated rings. The van der Waals surface area contributed by atoms with E-state index in [2.05, 4.69) is 22.6 Å². The van der Waals surface area contributed by atoms with E-state index in [0.29, 0.717) is 70.6 Å². The number of hydrogen-bond donors (Lipinski definition) is 4. The zero-order valence-electron chi connectivity index (χ0n) is 39.6. The van der Waals surface area contributed by atoms with Gasteiger partial charge in [-0.25, -0.2) is 4.79 Å². The van der Waals surface area contributed by atoms with Crippen LogP contribution in [-0.4, -0.2) is 160 Å². The zero-order valence-corrected chi connectivity index (χ0v) is 39.6. The van der Waals surface area contributed by atoms with Crippen LogP contribution >= 0.6 is 0 Å². The molecular weight excluding hydrogens is 827 g/mol. The average Bonchev–Trinajstić information content (AvgIpc) is 4.01. The Balaban J connectivity index is 1.39. The summed E-state index contributed by atoms with van der Waals surface area (Å²) in [5.74, 6) is -3.41. The monoisotopic (exact) mass is 902 g/mol. The number of benzene rings is 1. The van der Waals surface area contributed by atoms with Crippen LogP contribution < -0.4 is 11.1 Å². The van der Waals surface area contributed by atoms with Gasteiger partial charge in [0.05, 0.1) is 37.2 Å². The predicted molar refractivity (Wildman–Crippen MR) is 239 cm³/mol. The number of esters is 1. The first kappa shape index (κ1) is 51.2. The van der Waals surface area contributed by atoms with Gasteiger partial charge in [-0.1, -0.05) is 45.0 Å². The molecule has 13 atom stereocenters. The summed E-state index contributed by atoms with van der Waals surface area (Å²) in [7, 11) is 1.56. The van der Waals surface area contributed by atoms with E-state index < -0.39 is 83.8 Å². The Morgan fingerprint density at radius 2 is 1.81 bits per heavy atom. The first-order chi connectivity index (χ1) is 30.5. The molecule has 2 aromatic rings. The second-order valence-corrected chi connectivity index (χ2v) is 18.3. The molecule has 3 unspecified atom stereocenters. The lowest BCUT2D eigenvalue weighted by atomic mass is 9.78. The number of nitrogen functional groups attached to an aromatic ring is 1. The van der Waals surface area contributed by atoms with Crippen molar-refractivity contribution in [2.75, 3.05) is 52.3 Å². The lowest BCUT2D eigenvalue weighted by molar-refractivity contribution is -0.268. The number of fused-ring (bicyclic) bond motifs is 1. The topological polar surface area (TPSA) is 222 Å². The number of ether oxygens (including phenoxy) is 6. The smallest absolute Gasteiger partial charge is 0.410 e. The number of methoxy groups -OCH3 is 1. The minimum atomic E-state index is -1.26. The summed E-state index contributed by atoms with van der Waals surface area (Å²) >= 11 is 0. The summed E-state index contributed by atoms with van der Waals surface area (Å²) in [6.07, 6.45) is -0.922. The number of Topliss-reactive ketones (excluding diaryl/α,β-unsaturated/α-hetero) is 1. The molecule has 5 rings (SSSR count). The number of aryl methyl sites for hydroxylation is 1. The molecule has 1 aromatic heterocycles. The summed E-state index contributed by atoms with van der Waals surface area (Å²) in [5.41, 5.74) is 5.83. The Morgan fingerprint density at radius 3 is 2.47 bits per heavy atom. The summed E-state index contributed by atoms with van der Waals surface area (Å²) < 4.78 is 39.1. The number of nitrogens with one attached hydrogen (secondary N) is 1. The molecule has 1 aromatic carbocycles. The van der Waals surface area contributed by atoms with Crippen LogP contribution in [0.3, 0.4) is 0 Å². The molecule has 1 amide bonds. The van der Waals surface area contributed by atoms with E-state index in [0.717, 1.165) is 11.3 Å². The molecule has 4 heterocycles. The Labute approximate surface area is 378 Å². The average molecular weight is 902 g/mol. The number of nitrogens with zero attached hydrogens (tertiary/aromatic N) is 5. The number of unbranched alkanes of at least 4 members (excludes halogenated alkanes) is 1. The lowest BCUT2D eigenvalue weighted by Gasteiger charge is -2.44. The van der Waals surface area contributed by atoms with Crippen LogP contribution in [0.15, 0.2) is 30.5 Å². The van der Waals surface area contributed by atoms with E-state index in [1.54, 1.807) is 30.5 Å². The molecule has 3 aliphatic rings. The molecule has 5 N–H and O–H groups in total. The zero-order chi connectivity index (χ0) is 46.9. The van der Waals surface area contributed by atoms with Crippen LogP contribution in [0.2, 0.25) is 0 Å². The van der Waals surface area contributed by atoms with Crippen molar-refractivity contribution in [2.45, 2.75) is 161 Å². The largest absolute Gasteiger partial charge is 0.458 e. The number of cyclic esters (lactones) is 1. The van der Waals surface area contributed by atoms with Gasteiger partial charge < -0.3 is 49.7 Å². The molecule has 64 heavy (non-hydrogen) atoms. The minimum absolute atomic E-state index is 0.0632. The summed E-state index contributed by atoms with van der Waals surface area (Å²) in [4.78, 5) is 46.2. The standard InChI is InChI=1S/C46H75N7O11/c1-11-35(52-21-22-61-37(52)27-54)39(56)43(60-13-3)63-41-29(5)38(55)30(6)42(57)62-36(12-2)46(9)40(31(7)48-25-28(4)24-45(41,8)59-10)53(44(58)64-46)20-15-14-19-51-26-34(49-50-51)32-17-16-18-33(47)23-32/h16-18,23,26,28-31,35-37,39-41,43,48,54,56H,11-15,19-22,24-25,27,47H2,1-10H3/t28-,29+,30-,31-,35?,36-,37?,39?,40-,41-,43+,45-,46-/m1/s1. The molecule has 0 bridgehead atoms. The van der Waals surface area contributed by atoms with Crippen molar-refractivity contribution in [1.29, 1.82) is 0 Å². The first-order valence-corrected chi connectivity index (χ1v) is 23.2. The molecular formula is C46H75N7O11. The molecule has 0 saturated carbocycles. The maximum absolute atomic E-state index is 14.6. The van der Waals surface area contributed by atoms with Gasteiger partial charge in [0.15, 0.2) is 17.7 Å². The van der Waals surface area contributed by atoms with E-state index >= 15 is 0 Å². The number of aliphatic hydroxyl groups is 2. The van der Waals surface area contributed by atoms with Crippen LogP contribution in [0.1, 0.15) is 94.4 Å². The van der Waals surface area contributed by atoms with E-state index in [4.69, 9.17) is 34.2 Å². The van der Waals surface area contributed by atoms with Gasteiger partial charge in [-0.15, -0.1) is 5.10 Å². The number of amides is 1. The highest BCUT2D eigenvalue weighted by Crippen LogP contribution is 2.40. The molecule has 18 heteroatoms. The highest BCUT2D eigenvalue weighted by Gasteiger charge is 2.58. The number of anilines is 1. The number of ketones is 1. The van der Waals surface area contributed by atoms with E-state index in [-0.39, 0.29) is 25.2 Å². The van der Waals surface area contributed by atoms with Crippen molar-refractivity contribution in [3.05, 3.63) is 30.5 Å². The highest BCUT2D eigenvalue weighted by molar-refractivity contribution is 6.00. The first-order valence-electron chi connectivity index (χ1n) is 23.2. The van der Waals surface area contributed by atoms with Crippen molar-refractivity contribution < 1.29 is 53.0 Å². The minimum Gasteiger partial charge on any atom is -0.458 e. The Kier molecular flexibility index (Phi) is 18.1. The maximum Gasteiger partial charge on any atom is 0.410 e. The number of carbonyl (C=O) groups is 3. The second-order valence-electron chi connectivity index (χ2n) is 18.3. The third-order valence-corrected chi connectivity index (χ3v) is 13.6. The third kappa shape index (κ3) is 11.4. The number of carbonyl (C=O) groups excluding carboxylic acids is 3. The van der Waals surface area contributed by atoms with Gasteiger partial charge in [0, 0.05) is 62.6 Å². The quantitative estimate of drug-likeness (QED) is 0.0579. The van der Waals surface area contributed by atoms with E-state index in [1.807, 2.05) is 70.0 Å². The number of hydrogen-bond acceptors (Lipinski definition) is 16. The van der Waals surface area contributed by atoms with Crippen LogP contribution in [0.25, 0.3) is 11.3 Å². The van der Waals surface area contributed by atoms with Gasteiger partial charge in [-0.2, -0.15) is 0 Å². The van der Waals surface area contributed by atoms with Crippen LogP contribution in [0.5, 0.6) is 0 Å². The Morgan fingerprint density at radius 1 is 1.08 bits per heavy atom. The number of aliphatic hydroxyl groups excluding tert-OH is 2. The number of aromatic nitrogens is 3. The lowest BCUT2D eigenvalue weighted by Crippen LogP contribution is -2.61. The predicted octanol–water partition coefficient (Wildman–Crippen LogP) is 4.01. The van der Waals surface area contributed by atoms with Crippen molar-refractivity contribution in [2.24, 2.45) is 17.8 Å². The molecule has 18 nitrogen and oxygen atoms in total. The Hall–Kier alpha value is -3.75. The molecule has 3 aliphatic heterocycles. The Bertz CT molecular complexity index is 1840. The van der Waals surface area contributed by atoms with Crippen LogP contribution in [0.4, 0.5) is 10.5 Å². The second kappa shape index (κ2) is 22.6. The maximum atomic E-state index is 14.6.